The molecule has 0 bridgehead atoms. The molecule has 2 aliphatic carbocycles. The summed E-state index contributed by atoms with van der Waals surface area (Å²) in [5, 5.41) is 4.12. The summed E-state index contributed by atoms with van der Waals surface area (Å²) in [4.78, 5) is 0. The fourth-order valence-corrected chi connectivity index (χ4v) is 1.97. The van der Waals surface area contributed by atoms with Crippen LogP contribution in [0.2, 0.25) is 0 Å². The Balaban J connectivity index is 1.90. The van der Waals surface area contributed by atoms with E-state index in [0.717, 1.165) is 25.7 Å². The maximum Gasteiger partial charge on any atom is 0.419 e. The molecule has 2 nitrogen and oxygen atoms in total. The molecule has 16 heavy (non-hydrogen) atoms. The fraction of sp³-hybridized carbons (Fsp3) is 0.727. The van der Waals surface area contributed by atoms with Gasteiger partial charge >= 0.3 is 6.18 Å². The van der Waals surface area contributed by atoms with Crippen LogP contribution in [0.25, 0.3) is 0 Å². The first-order chi connectivity index (χ1) is 7.54. The topological polar surface area (TPSA) is 17.8 Å². The van der Waals surface area contributed by atoms with E-state index in [1.165, 1.54) is 10.9 Å². The SMILES string of the molecule is FC(F)(F)c1cn(CC2CC2)nc1C1CC1. The Bertz CT molecular complexity index is 400. The van der Waals surface area contributed by atoms with Crippen molar-refractivity contribution in [1.82, 2.24) is 9.78 Å². The van der Waals surface area contributed by atoms with Gasteiger partial charge in [-0.15, -0.1) is 0 Å². The van der Waals surface area contributed by atoms with Crippen LogP contribution < -0.4 is 0 Å². The molecular formula is C11H13F3N2. The molecule has 0 amide bonds. The Hall–Kier alpha value is -1.00. The highest BCUT2D eigenvalue weighted by Gasteiger charge is 2.41. The number of rotatable bonds is 3. The Labute approximate surface area is 91.4 Å². The molecule has 0 unspecified atom stereocenters. The summed E-state index contributed by atoms with van der Waals surface area (Å²) < 4.78 is 39.7. The molecular weight excluding hydrogens is 217 g/mol. The largest absolute Gasteiger partial charge is 0.419 e. The van der Waals surface area contributed by atoms with Crippen LogP contribution in [0.5, 0.6) is 0 Å². The van der Waals surface area contributed by atoms with E-state index in [1.54, 1.807) is 0 Å². The van der Waals surface area contributed by atoms with Gasteiger partial charge in [-0.2, -0.15) is 18.3 Å². The molecule has 0 saturated heterocycles. The van der Waals surface area contributed by atoms with Crippen molar-refractivity contribution >= 4 is 0 Å². The van der Waals surface area contributed by atoms with Crippen molar-refractivity contribution in [2.45, 2.75) is 44.3 Å². The van der Waals surface area contributed by atoms with Gasteiger partial charge in [-0.05, 0) is 31.6 Å². The number of hydrogen-bond acceptors (Lipinski definition) is 1. The number of nitrogens with zero attached hydrogens (tertiary/aromatic N) is 2. The second-order valence-electron chi connectivity index (χ2n) is 4.87. The Morgan fingerprint density at radius 2 is 1.94 bits per heavy atom. The molecule has 5 heteroatoms. The van der Waals surface area contributed by atoms with Crippen LogP contribution in [0, 0.1) is 5.92 Å². The van der Waals surface area contributed by atoms with E-state index < -0.39 is 11.7 Å². The molecule has 0 atom stereocenters. The standard InChI is InChI=1S/C11H13F3N2/c12-11(13,14)9-6-16(5-7-1-2-7)15-10(9)8-3-4-8/h6-8H,1-5H2. The highest BCUT2D eigenvalue weighted by atomic mass is 19.4. The van der Waals surface area contributed by atoms with Crippen molar-refractivity contribution in [3.63, 3.8) is 0 Å². The molecule has 88 valence electrons. The highest BCUT2D eigenvalue weighted by molar-refractivity contribution is 5.27. The maximum absolute atomic E-state index is 12.7. The molecule has 0 aliphatic heterocycles. The molecule has 0 radical (unpaired) electrons. The summed E-state index contributed by atoms with van der Waals surface area (Å²) in [7, 11) is 0. The summed E-state index contributed by atoms with van der Waals surface area (Å²) >= 11 is 0. The predicted octanol–water partition coefficient (Wildman–Crippen LogP) is 3.19. The summed E-state index contributed by atoms with van der Waals surface area (Å²) in [6.07, 6.45) is 0.888. The lowest BCUT2D eigenvalue weighted by Gasteiger charge is -2.04. The average molecular weight is 230 g/mol. The Kier molecular flexibility index (Phi) is 2.06. The van der Waals surface area contributed by atoms with Crippen LogP contribution in [-0.4, -0.2) is 9.78 Å². The predicted molar refractivity (Wildman–Crippen MR) is 51.9 cm³/mol. The van der Waals surface area contributed by atoms with Crippen molar-refractivity contribution < 1.29 is 13.2 Å². The molecule has 2 saturated carbocycles. The van der Waals surface area contributed by atoms with Gasteiger partial charge in [0.25, 0.3) is 0 Å². The van der Waals surface area contributed by atoms with E-state index in [2.05, 4.69) is 5.10 Å². The van der Waals surface area contributed by atoms with Crippen molar-refractivity contribution in [3.8, 4) is 0 Å². The lowest BCUT2D eigenvalue weighted by atomic mass is 10.2. The Morgan fingerprint density at radius 1 is 1.25 bits per heavy atom. The van der Waals surface area contributed by atoms with Crippen LogP contribution in [-0.2, 0) is 12.7 Å². The molecule has 3 rings (SSSR count). The minimum atomic E-state index is -4.25. The van der Waals surface area contributed by atoms with Crippen LogP contribution in [0.15, 0.2) is 6.20 Å². The molecule has 1 heterocycles. The molecule has 0 aromatic carbocycles. The number of hydrogen-bond donors (Lipinski definition) is 0. The third-order valence-electron chi connectivity index (χ3n) is 3.20. The fourth-order valence-electron chi connectivity index (χ4n) is 1.97. The molecule has 1 aromatic heterocycles. The monoisotopic (exact) mass is 230 g/mol. The quantitative estimate of drug-likeness (QED) is 0.779. The van der Waals surface area contributed by atoms with Crippen molar-refractivity contribution in [2.24, 2.45) is 5.92 Å². The molecule has 2 fully saturated rings. The first kappa shape index (κ1) is 10.2. The van der Waals surface area contributed by atoms with E-state index >= 15 is 0 Å². The van der Waals surface area contributed by atoms with E-state index in [-0.39, 0.29) is 11.6 Å². The van der Waals surface area contributed by atoms with Crippen LogP contribution in [0.1, 0.15) is 42.9 Å². The van der Waals surface area contributed by atoms with Crippen LogP contribution in [0.4, 0.5) is 13.2 Å². The van der Waals surface area contributed by atoms with Gasteiger partial charge in [0.2, 0.25) is 0 Å². The van der Waals surface area contributed by atoms with Gasteiger partial charge < -0.3 is 0 Å². The lowest BCUT2D eigenvalue weighted by molar-refractivity contribution is -0.138. The summed E-state index contributed by atoms with van der Waals surface area (Å²) in [6, 6.07) is 0. The van der Waals surface area contributed by atoms with Gasteiger partial charge in [-0.1, -0.05) is 0 Å². The highest BCUT2D eigenvalue weighted by Crippen LogP contribution is 2.45. The molecule has 0 spiro atoms. The average Bonchev–Trinajstić information content (AvgIpc) is 3.04. The van der Waals surface area contributed by atoms with Crippen LogP contribution >= 0.6 is 0 Å². The maximum atomic E-state index is 12.7. The van der Waals surface area contributed by atoms with Gasteiger partial charge in [0.05, 0.1) is 11.3 Å². The summed E-state index contributed by atoms with van der Waals surface area (Å²) in [5.41, 5.74) is -0.246. The minimum absolute atomic E-state index is 0.0529. The number of alkyl halides is 3. The van der Waals surface area contributed by atoms with E-state index in [4.69, 9.17) is 0 Å². The number of aromatic nitrogens is 2. The normalized spacial score (nSPS) is 21.4. The number of halogens is 3. The summed E-state index contributed by atoms with van der Waals surface area (Å²) in [5.74, 6) is 0.602. The Morgan fingerprint density at radius 3 is 2.44 bits per heavy atom. The molecule has 1 aromatic rings. The second-order valence-corrected chi connectivity index (χ2v) is 4.87. The smallest absolute Gasteiger partial charge is 0.272 e. The van der Waals surface area contributed by atoms with Crippen LogP contribution in [0.3, 0.4) is 0 Å². The van der Waals surface area contributed by atoms with Crippen molar-refractivity contribution in [2.75, 3.05) is 0 Å². The zero-order chi connectivity index (χ0) is 11.3. The van der Waals surface area contributed by atoms with E-state index in [0.29, 0.717) is 12.5 Å². The minimum Gasteiger partial charge on any atom is -0.272 e. The zero-order valence-corrected chi connectivity index (χ0v) is 8.80. The van der Waals surface area contributed by atoms with Gasteiger partial charge in [-0.25, -0.2) is 0 Å². The lowest BCUT2D eigenvalue weighted by Crippen LogP contribution is -2.06. The third kappa shape index (κ3) is 1.95. The van der Waals surface area contributed by atoms with E-state index in [9.17, 15) is 13.2 Å². The van der Waals surface area contributed by atoms with Gasteiger partial charge in [0.1, 0.15) is 0 Å². The first-order valence-electron chi connectivity index (χ1n) is 5.68. The molecule has 0 N–H and O–H groups in total. The first-order valence-corrected chi connectivity index (χ1v) is 5.68. The summed E-state index contributed by atoms with van der Waals surface area (Å²) in [6.45, 7) is 0.649. The van der Waals surface area contributed by atoms with E-state index in [1.807, 2.05) is 0 Å². The molecule has 2 aliphatic rings. The third-order valence-corrected chi connectivity index (χ3v) is 3.20. The second kappa shape index (κ2) is 3.25. The van der Waals surface area contributed by atoms with Gasteiger partial charge in [-0.3, -0.25) is 4.68 Å². The van der Waals surface area contributed by atoms with Gasteiger partial charge in [0.15, 0.2) is 0 Å². The van der Waals surface area contributed by atoms with Crippen molar-refractivity contribution in [1.29, 1.82) is 0 Å². The van der Waals surface area contributed by atoms with Gasteiger partial charge in [0, 0.05) is 18.7 Å². The van der Waals surface area contributed by atoms with Crippen molar-refractivity contribution in [3.05, 3.63) is 17.5 Å². The zero-order valence-electron chi connectivity index (χ0n) is 8.80.